The van der Waals surface area contributed by atoms with Crippen molar-refractivity contribution in [3.05, 3.63) is 0 Å². The van der Waals surface area contributed by atoms with Gasteiger partial charge in [-0.05, 0) is 56.8 Å². The van der Waals surface area contributed by atoms with E-state index in [-0.39, 0.29) is 17.7 Å². The number of carbonyl (C=O) groups is 1. The van der Waals surface area contributed by atoms with E-state index in [0.29, 0.717) is 31.2 Å². The first-order valence-electron chi connectivity index (χ1n) is 10.2. The molecule has 1 amide bonds. The minimum atomic E-state index is -3.23. The van der Waals surface area contributed by atoms with Crippen molar-refractivity contribution < 1.29 is 13.2 Å². The van der Waals surface area contributed by atoms with Crippen LogP contribution in [0.15, 0.2) is 0 Å². The first kappa shape index (κ1) is 19.2. The third kappa shape index (κ3) is 4.76. The highest BCUT2D eigenvalue weighted by Gasteiger charge is 2.38. The fraction of sp³-hybridized carbons (Fsp3) is 0.947. The summed E-state index contributed by atoms with van der Waals surface area (Å²) >= 11 is 0. The van der Waals surface area contributed by atoms with Gasteiger partial charge in [-0.25, -0.2) is 8.42 Å². The molecule has 0 aromatic carbocycles. The van der Waals surface area contributed by atoms with Gasteiger partial charge in [-0.15, -0.1) is 0 Å². The van der Waals surface area contributed by atoms with Crippen LogP contribution in [0.25, 0.3) is 0 Å². The van der Waals surface area contributed by atoms with Crippen LogP contribution < -0.4 is 0 Å². The first-order chi connectivity index (χ1) is 12.0. The van der Waals surface area contributed by atoms with Crippen LogP contribution in [0.4, 0.5) is 0 Å². The van der Waals surface area contributed by atoms with E-state index < -0.39 is 10.0 Å². The highest BCUT2D eigenvalue weighted by atomic mass is 32.2. The van der Waals surface area contributed by atoms with Gasteiger partial charge in [-0.1, -0.05) is 19.8 Å². The Hall–Kier alpha value is -0.620. The number of likely N-dealkylation sites (tertiary alicyclic amines) is 1. The fourth-order valence-corrected chi connectivity index (χ4v) is 6.70. The number of hydrogen-bond acceptors (Lipinski definition) is 3. The number of sulfonamides is 1. The monoisotopic (exact) mass is 370 g/mol. The van der Waals surface area contributed by atoms with Crippen LogP contribution in [-0.2, 0) is 14.8 Å². The molecule has 3 rings (SSSR count). The number of fused-ring (bicyclic) bond motifs is 1. The van der Waals surface area contributed by atoms with E-state index in [1.807, 2.05) is 4.90 Å². The molecule has 2 unspecified atom stereocenters. The third-order valence-corrected chi connectivity index (χ3v) is 8.45. The van der Waals surface area contributed by atoms with E-state index in [9.17, 15) is 13.2 Å². The molecule has 1 aliphatic carbocycles. The predicted octanol–water partition coefficient (Wildman–Crippen LogP) is 3.01. The number of hydrogen-bond donors (Lipinski definition) is 0. The second kappa shape index (κ2) is 8.38. The molecule has 5 nitrogen and oxygen atoms in total. The van der Waals surface area contributed by atoms with Gasteiger partial charge in [0.05, 0.1) is 5.75 Å². The Bertz CT molecular complexity index is 553. The van der Waals surface area contributed by atoms with Crippen molar-refractivity contribution in [2.75, 3.05) is 25.4 Å². The van der Waals surface area contributed by atoms with Crippen molar-refractivity contribution in [3.8, 4) is 0 Å². The van der Waals surface area contributed by atoms with Crippen LogP contribution in [0, 0.1) is 11.8 Å². The molecular formula is C19H34N2O3S. The lowest BCUT2D eigenvalue weighted by Crippen LogP contribution is -2.50. The second-order valence-corrected chi connectivity index (χ2v) is 10.4. The topological polar surface area (TPSA) is 57.7 Å². The molecule has 2 atom stereocenters. The second-order valence-electron chi connectivity index (χ2n) is 8.35. The van der Waals surface area contributed by atoms with Gasteiger partial charge in [-0.2, -0.15) is 4.31 Å². The lowest BCUT2D eigenvalue weighted by molar-refractivity contribution is -0.132. The Labute approximate surface area is 153 Å². The standard InChI is InChI=1S/C19H34N2O3S/c1-16-10-13-20(14-11-16)19(22)9-5-15-25(23,24)21-12-4-7-17-6-2-3-8-18(17)21/h16-18H,2-15H2,1H3. The molecule has 144 valence electrons. The van der Waals surface area contributed by atoms with E-state index in [2.05, 4.69) is 6.92 Å². The molecule has 0 radical (unpaired) electrons. The Morgan fingerprint density at radius 1 is 0.960 bits per heavy atom. The van der Waals surface area contributed by atoms with Crippen LogP contribution >= 0.6 is 0 Å². The molecule has 0 aromatic heterocycles. The zero-order valence-corrected chi connectivity index (χ0v) is 16.5. The Kier molecular flexibility index (Phi) is 6.42. The molecule has 1 saturated carbocycles. The average Bonchev–Trinajstić information content (AvgIpc) is 2.61. The number of nitrogens with zero attached hydrogens (tertiary/aromatic N) is 2. The van der Waals surface area contributed by atoms with Crippen LogP contribution in [0.5, 0.6) is 0 Å². The summed E-state index contributed by atoms with van der Waals surface area (Å²) in [7, 11) is -3.23. The highest BCUT2D eigenvalue weighted by Crippen LogP contribution is 2.36. The van der Waals surface area contributed by atoms with Gasteiger partial charge in [0.1, 0.15) is 0 Å². The van der Waals surface area contributed by atoms with Gasteiger partial charge in [0.2, 0.25) is 15.9 Å². The summed E-state index contributed by atoms with van der Waals surface area (Å²) < 4.78 is 27.5. The lowest BCUT2D eigenvalue weighted by Gasteiger charge is -2.43. The molecule has 2 saturated heterocycles. The summed E-state index contributed by atoms with van der Waals surface area (Å²) in [5.74, 6) is 1.53. The van der Waals surface area contributed by atoms with E-state index >= 15 is 0 Å². The zero-order valence-electron chi connectivity index (χ0n) is 15.7. The Morgan fingerprint density at radius 2 is 1.64 bits per heavy atom. The minimum Gasteiger partial charge on any atom is -0.343 e. The van der Waals surface area contributed by atoms with Gasteiger partial charge >= 0.3 is 0 Å². The summed E-state index contributed by atoms with van der Waals surface area (Å²) in [5, 5.41) is 0. The summed E-state index contributed by atoms with van der Waals surface area (Å²) in [5.41, 5.74) is 0. The molecule has 0 spiro atoms. The predicted molar refractivity (Wildman–Crippen MR) is 99.7 cm³/mol. The van der Waals surface area contributed by atoms with Crippen LogP contribution in [0.3, 0.4) is 0 Å². The summed E-state index contributed by atoms with van der Waals surface area (Å²) in [6.07, 6.45) is 9.75. The smallest absolute Gasteiger partial charge is 0.222 e. The van der Waals surface area contributed by atoms with Gasteiger partial charge in [-0.3, -0.25) is 4.79 Å². The van der Waals surface area contributed by atoms with Crippen molar-refractivity contribution in [3.63, 3.8) is 0 Å². The van der Waals surface area contributed by atoms with Crippen molar-refractivity contribution >= 4 is 15.9 Å². The van der Waals surface area contributed by atoms with Crippen LogP contribution in [0.1, 0.15) is 71.1 Å². The maximum absolute atomic E-state index is 12.8. The van der Waals surface area contributed by atoms with E-state index in [1.54, 1.807) is 4.31 Å². The van der Waals surface area contributed by atoms with Crippen molar-refractivity contribution in [1.82, 2.24) is 9.21 Å². The number of rotatable bonds is 5. The summed E-state index contributed by atoms with van der Waals surface area (Å²) in [6, 6.07) is 0.229. The summed E-state index contributed by atoms with van der Waals surface area (Å²) in [6.45, 7) is 4.58. The van der Waals surface area contributed by atoms with Gasteiger partial charge < -0.3 is 4.90 Å². The van der Waals surface area contributed by atoms with E-state index in [1.165, 1.54) is 19.3 Å². The van der Waals surface area contributed by atoms with E-state index in [0.717, 1.165) is 45.2 Å². The number of piperidine rings is 2. The van der Waals surface area contributed by atoms with Gasteiger partial charge in [0.25, 0.3) is 0 Å². The molecule has 2 heterocycles. The van der Waals surface area contributed by atoms with Crippen molar-refractivity contribution in [2.45, 2.75) is 77.2 Å². The first-order valence-corrected chi connectivity index (χ1v) is 11.9. The minimum absolute atomic E-state index is 0.131. The SMILES string of the molecule is CC1CCN(C(=O)CCCS(=O)(=O)N2CCCC3CCCCC32)CC1. The third-order valence-electron chi connectivity index (χ3n) is 6.48. The average molecular weight is 371 g/mol. The molecule has 2 aliphatic heterocycles. The molecule has 25 heavy (non-hydrogen) atoms. The zero-order chi connectivity index (χ0) is 17.9. The molecule has 0 N–H and O–H groups in total. The van der Waals surface area contributed by atoms with E-state index in [4.69, 9.17) is 0 Å². The molecule has 3 fully saturated rings. The maximum Gasteiger partial charge on any atom is 0.222 e. The number of amides is 1. The Balaban J connectivity index is 1.49. The molecule has 6 heteroatoms. The Morgan fingerprint density at radius 3 is 2.40 bits per heavy atom. The fourth-order valence-electron chi connectivity index (χ4n) is 4.86. The quantitative estimate of drug-likeness (QED) is 0.747. The highest BCUT2D eigenvalue weighted by molar-refractivity contribution is 7.89. The molecule has 3 aliphatic rings. The molecule has 0 bridgehead atoms. The van der Waals surface area contributed by atoms with Crippen molar-refractivity contribution in [2.24, 2.45) is 11.8 Å². The normalized spacial score (nSPS) is 29.4. The molecule has 0 aromatic rings. The molecular weight excluding hydrogens is 336 g/mol. The van der Waals surface area contributed by atoms with Crippen LogP contribution in [-0.4, -0.2) is 55.0 Å². The number of carbonyl (C=O) groups excluding carboxylic acids is 1. The lowest BCUT2D eigenvalue weighted by atomic mass is 9.79. The largest absolute Gasteiger partial charge is 0.343 e. The van der Waals surface area contributed by atoms with Gasteiger partial charge in [0, 0.05) is 32.1 Å². The van der Waals surface area contributed by atoms with Crippen LogP contribution in [0.2, 0.25) is 0 Å². The summed E-state index contributed by atoms with van der Waals surface area (Å²) in [4.78, 5) is 14.2. The van der Waals surface area contributed by atoms with Crippen molar-refractivity contribution in [1.29, 1.82) is 0 Å². The van der Waals surface area contributed by atoms with Gasteiger partial charge in [0.15, 0.2) is 0 Å². The maximum atomic E-state index is 12.8.